The molecule has 9 heteroatoms. The first-order valence-corrected chi connectivity index (χ1v) is 5.33. The van der Waals surface area contributed by atoms with Gasteiger partial charge in [0.1, 0.15) is 5.02 Å². The molecule has 1 aromatic rings. The summed E-state index contributed by atoms with van der Waals surface area (Å²) in [5, 5.41) is 29.7. The van der Waals surface area contributed by atoms with Gasteiger partial charge in [-0.05, 0) is 12.1 Å². The highest BCUT2D eigenvalue weighted by Gasteiger charge is 2.21. The molecule has 19 heavy (non-hydrogen) atoms. The zero-order chi connectivity index (χ0) is 14.6. The van der Waals surface area contributed by atoms with Crippen LogP contribution in [0.25, 0.3) is 0 Å². The maximum atomic E-state index is 11.6. The van der Waals surface area contributed by atoms with E-state index >= 15 is 0 Å². The number of carboxylic acids is 1. The fourth-order valence-electron chi connectivity index (χ4n) is 1.22. The molecule has 0 fully saturated rings. The molecular formula is C10H9ClN2O6. The fraction of sp³-hybridized carbons (Fsp3) is 0.200. The van der Waals surface area contributed by atoms with E-state index in [9.17, 15) is 19.7 Å². The molecule has 8 nitrogen and oxygen atoms in total. The fourth-order valence-corrected chi connectivity index (χ4v) is 1.47. The van der Waals surface area contributed by atoms with Crippen molar-refractivity contribution in [3.63, 3.8) is 0 Å². The molecule has 0 aliphatic heterocycles. The Morgan fingerprint density at radius 1 is 1.47 bits per heavy atom. The number of aliphatic hydroxyl groups is 1. The first-order valence-electron chi connectivity index (χ1n) is 4.95. The van der Waals surface area contributed by atoms with E-state index in [1.807, 2.05) is 5.32 Å². The van der Waals surface area contributed by atoms with E-state index in [0.29, 0.717) is 0 Å². The van der Waals surface area contributed by atoms with Crippen molar-refractivity contribution in [1.82, 2.24) is 5.32 Å². The number of benzene rings is 1. The minimum absolute atomic E-state index is 0.0460. The normalized spacial score (nSPS) is 11.7. The zero-order valence-corrected chi connectivity index (χ0v) is 10.1. The summed E-state index contributed by atoms with van der Waals surface area (Å²) in [4.78, 5) is 32.1. The number of hydrogen-bond donors (Lipinski definition) is 3. The molecule has 0 aliphatic rings. The first-order chi connectivity index (χ1) is 8.86. The number of nitrogens with zero attached hydrogens (tertiary/aromatic N) is 1. The molecule has 1 rings (SSSR count). The van der Waals surface area contributed by atoms with E-state index in [-0.39, 0.29) is 16.3 Å². The Labute approximate surface area is 111 Å². The number of rotatable bonds is 5. The lowest BCUT2D eigenvalue weighted by Gasteiger charge is -2.11. The van der Waals surface area contributed by atoms with Crippen molar-refractivity contribution in [3.8, 4) is 0 Å². The van der Waals surface area contributed by atoms with E-state index in [1.54, 1.807) is 0 Å². The van der Waals surface area contributed by atoms with Crippen LogP contribution in [0.15, 0.2) is 18.2 Å². The van der Waals surface area contributed by atoms with E-state index in [0.717, 1.165) is 18.2 Å². The molecule has 0 saturated carbocycles. The number of nitro groups is 1. The summed E-state index contributed by atoms with van der Waals surface area (Å²) in [6.45, 7) is -0.776. The third-order valence-electron chi connectivity index (χ3n) is 2.19. The van der Waals surface area contributed by atoms with Crippen molar-refractivity contribution < 1.29 is 24.7 Å². The number of carbonyl (C=O) groups is 2. The van der Waals surface area contributed by atoms with Crippen molar-refractivity contribution in [2.45, 2.75) is 6.04 Å². The average Bonchev–Trinajstić information content (AvgIpc) is 2.34. The van der Waals surface area contributed by atoms with Gasteiger partial charge in [-0.25, -0.2) is 4.79 Å². The molecule has 0 saturated heterocycles. The Bertz CT molecular complexity index is 533. The van der Waals surface area contributed by atoms with Crippen LogP contribution in [0, 0.1) is 10.1 Å². The van der Waals surface area contributed by atoms with E-state index in [2.05, 4.69) is 0 Å². The largest absolute Gasteiger partial charge is 0.480 e. The van der Waals surface area contributed by atoms with Crippen LogP contribution in [0.2, 0.25) is 5.02 Å². The van der Waals surface area contributed by atoms with Crippen molar-refractivity contribution >= 4 is 29.2 Å². The quantitative estimate of drug-likeness (QED) is 0.532. The molecule has 102 valence electrons. The Kier molecular flexibility index (Phi) is 4.79. The van der Waals surface area contributed by atoms with Crippen LogP contribution in [0.4, 0.5) is 5.69 Å². The molecule has 1 aromatic carbocycles. The van der Waals surface area contributed by atoms with Crippen LogP contribution in [0.5, 0.6) is 0 Å². The maximum absolute atomic E-state index is 11.6. The minimum Gasteiger partial charge on any atom is -0.480 e. The maximum Gasteiger partial charge on any atom is 0.328 e. The second-order valence-electron chi connectivity index (χ2n) is 3.47. The van der Waals surface area contributed by atoms with Gasteiger partial charge in [0, 0.05) is 11.6 Å². The Morgan fingerprint density at radius 2 is 2.11 bits per heavy atom. The highest BCUT2D eigenvalue weighted by Crippen LogP contribution is 2.24. The third-order valence-corrected chi connectivity index (χ3v) is 2.50. The summed E-state index contributed by atoms with van der Waals surface area (Å²) >= 11 is 5.61. The van der Waals surface area contributed by atoms with Crippen molar-refractivity contribution in [2.24, 2.45) is 0 Å². The summed E-state index contributed by atoms with van der Waals surface area (Å²) in [7, 11) is 0. The Balaban J connectivity index is 2.92. The van der Waals surface area contributed by atoms with Gasteiger partial charge in [0.2, 0.25) is 0 Å². The zero-order valence-electron chi connectivity index (χ0n) is 9.37. The van der Waals surface area contributed by atoms with Gasteiger partial charge in [-0.3, -0.25) is 14.9 Å². The number of nitrogens with one attached hydrogen (secondary N) is 1. The van der Waals surface area contributed by atoms with Gasteiger partial charge in [0.15, 0.2) is 6.04 Å². The smallest absolute Gasteiger partial charge is 0.328 e. The summed E-state index contributed by atoms with van der Waals surface area (Å²) < 4.78 is 0. The minimum atomic E-state index is -1.46. The molecule has 0 heterocycles. The number of aliphatic carboxylic acids is 1. The SMILES string of the molecule is O=C(N[C@H](CO)C(=O)O)c1ccc([N+](=O)[O-])c(Cl)c1. The summed E-state index contributed by atoms with van der Waals surface area (Å²) in [6, 6.07) is 1.76. The predicted octanol–water partition coefficient (Wildman–Crippen LogP) is 0.424. The lowest BCUT2D eigenvalue weighted by atomic mass is 10.2. The molecule has 0 radical (unpaired) electrons. The Morgan fingerprint density at radius 3 is 2.53 bits per heavy atom. The van der Waals surface area contributed by atoms with Crippen LogP contribution < -0.4 is 5.32 Å². The van der Waals surface area contributed by atoms with Crippen LogP contribution in [0.1, 0.15) is 10.4 Å². The molecular weight excluding hydrogens is 280 g/mol. The monoisotopic (exact) mass is 288 g/mol. The number of aliphatic hydroxyl groups excluding tert-OH is 1. The topological polar surface area (TPSA) is 130 Å². The number of halogens is 1. The van der Waals surface area contributed by atoms with Crippen molar-refractivity contribution in [2.75, 3.05) is 6.61 Å². The second-order valence-corrected chi connectivity index (χ2v) is 3.88. The number of amides is 1. The van der Waals surface area contributed by atoms with Crippen LogP contribution in [0.3, 0.4) is 0 Å². The van der Waals surface area contributed by atoms with Gasteiger partial charge >= 0.3 is 5.97 Å². The van der Waals surface area contributed by atoms with E-state index in [4.69, 9.17) is 21.8 Å². The molecule has 0 bridgehead atoms. The highest BCUT2D eigenvalue weighted by atomic mass is 35.5. The lowest BCUT2D eigenvalue weighted by molar-refractivity contribution is -0.384. The molecule has 1 amide bonds. The van der Waals surface area contributed by atoms with E-state index in [1.165, 1.54) is 0 Å². The van der Waals surface area contributed by atoms with E-state index < -0.39 is 29.4 Å². The number of nitro benzene ring substituents is 1. The number of hydrogen-bond acceptors (Lipinski definition) is 5. The second kappa shape index (κ2) is 6.12. The van der Waals surface area contributed by atoms with Gasteiger partial charge < -0.3 is 15.5 Å². The number of carboxylic acid groups (broad SMARTS) is 1. The Hall–Kier alpha value is -2.19. The van der Waals surface area contributed by atoms with Gasteiger partial charge in [0.25, 0.3) is 11.6 Å². The first kappa shape index (κ1) is 14.9. The number of carbonyl (C=O) groups excluding carboxylic acids is 1. The van der Waals surface area contributed by atoms with Gasteiger partial charge in [-0.2, -0.15) is 0 Å². The molecule has 1 atom stereocenters. The standard InChI is InChI=1S/C10H9ClN2O6/c11-6-3-5(1-2-8(6)13(18)19)9(15)12-7(4-14)10(16)17/h1-3,7,14H,4H2,(H,12,15)(H,16,17)/t7-/m1/s1. The summed E-state index contributed by atoms with van der Waals surface area (Å²) in [5.74, 6) is -2.21. The van der Waals surface area contributed by atoms with Crippen LogP contribution >= 0.6 is 11.6 Å². The van der Waals surface area contributed by atoms with Crippen molar-refractivity contribution in [1.29, 1.82) is 0 Å². The lowest BCUT2D eigenvalue weighted by Crippen LogP contribution is -2.43. The van der Waals surface area contributed by atoms with Crippen LogP contribution in [-0.2, 0) is 4.79 Å². The summed E-state index contributed by atoms with van der Waals surface area (Å²) in [5.41, 5.74) is -0.412. The molecule has 0 aliphatic carbocycles. The molecule has 3 N–H and O–H groups in total. The van der Waals surface area contributed by atoms with Gasteiger partial charge in [0.05, 0.1) is 11.5 Å². The molecule has 0 spiro atoms. The third kappa shape index (κ3) is 3.63. The van der Waals surface area contributed by atoms with Crippen LogP contribution in [-0.4, -0.2) is 39.7 Å². The highest BCUT2D eigenvalue weighted by molar-refractivity contribution is 6.33. The van der Waals surface area contributed by atoms with Gasteiger partial charge in [-0.1, -0.05) is 11.6 Å². The molecule has 0 aromatic heterocycles. The van der Waals surface area contributed by atoms with Gasteiger partial charge in [-0.15, -0.1) is 0 Å². The molecule has 0 unspecified atom stereocenters. The van der Waals surface area contributed by atoms with Crippen molar-refractivity contribution in [3.05, 3.63) is 38.9 Å². The summed E-state index contributed by atoms with van der Waals surface area (Å²) in [6.07, 6.45) is 0. The average molecular weight is 289 g/mol. The predicted molar refractivity (Wildman–Crippen MR) is 64.1 cm³/mol.